The maximum atomic E-state index is 9.72. The van der Waals surface area contributed by atoms with Gasteiger partial charge >= 0.3 is 0 Å². The van der Waals surface area contributed by atoms with Crippen LogP contribution in [0.5, 0.6) is 0 Å². The first kappa shape index (κ1) is 33.6. The van der Waals surface area contributed by atoms with Gasteiger partial charge in [0, 0.05) is 22.7 Å². The molecular weight excluding hydrogens is 580 g/mol. The molecule has 0 heterocycles. The minimum Gasteiger partial charge on any atom is -0.376 e. The average Bonchev–Trinajstić information content (AvgIpc) is 3.10. The first-order chi connectivity index (χ1) is 21.9. The summed E-state index contributed by atoms with van der Waals surface area (Å²) in [5, 5.41) is 77.8. The molecule has 0 saturated carbocycles. The van der Waals surface area contributed by atoms with Crippen molar-refractivity contribution in [2.45, 2.75) is 5.41 Å². The summed E-state index contributed by atoms with van der Waals surface area (Å²) in [7, 11) is 0. The second kappa shape index (κ2) is 15.7. The van der Waals surface area contributed by atoms with E-state index in [1.165, 1.54) is 19.6 Å². The number of rotatable bonds is 16. The van der Waals surface area contributed by atoms with Crippen LogP contribution in [0.15, 0.2) is 97.1 Å². The Hall–Kier alpha value is -4.24. The lowest BCUT2D eigenvalue weighted by molar-refractivity contribution is 0.222. The third kappa shape index (κ3) is 6.73. The lowest BCUT2D eigenvalue weighted by Crippen LogP contribution is -2.32. The summed E-state index contributed by atoms with van der Waals surface area (Å²) in [6.07, 6.45) is 0. The van der Waals surface area contributed by atoms with Crippen molar-refractivity contribution >= 4 is 22.7 Å². The Balaban J connectivity index is 2.03. The summed E-state index contributed by atoms with van der Waals surface area (Å²) in [4.78, 5) is 5.55. The molecule has 12 heteroatoms. The van der Waals surface area contributed by atoms with Crippen molar-refractivity contribution < 1.29 is 40.9 Å². The van der Waals surface area contributed by atoms with Crippen LogP contribution in [0, 0.1) is 0 Å². The minimum atomic E-state index is -0.993. The van der Waals surface area contributed by atoms with Crippen LogP contribution in [0.2, 0.25) is 0 Å². The quantitative estimate of drug-likeness (QED) is 0.0658. The lowest BCUT2D eigenvalue weighted by Gasteiger charge is -2.38. The summed E-state index contributed by atoms with van der Waals surface area (Å²) in [5.74, 6) is 0. The van der Waals surface area contributed by atoms with E-state index in [2.05, 4.69) is 0 Å². The van der Waals surface area contributed by atoms with Gasteiger partial charge in [-0.1, -0.05) is 48.5 Å². The highest BCUT2D eigenvalue weighted by atomic mass is 16.3. The second-order valence-corrected chi connectivity index (χ2v) is 10.2. The standard InChI is InChI=1S/C33H40N4O8/c38-17-34(18-39)29-9-1-25(2-10-29)33(26-3-11-30(12-4-26)35(19-40)20-41,27-5-13-31(14-6-27)36(21-42)22-43)28-7-15-32(16-8-28)37(23-44)24-45/h1-16,38-45H,17-24H2. The van der Waals surface area contributed by atoms with Crippen LogP contribution >= 0.6 is 0 Å². The summed E-state index contributed by atoms with van der Waals surface area (Å²) < 4.78 is 0. The number of aliphatic hydroxyl groups is 8. The zero-order valence-electron chi connectivity index (χ0n) is 24.8. The number of benzene rings is 4. The molecule has 0 aliphatic rings. The van der Waals surface area contributed by atoms with E-state index in [0.29, 0.717) is 22.7 Å². The number of anilines is 4. The Morgan fingerprint density at radius 2 is 0.444 bits per heavy atom. The Bertz CT molecular complexity index is 1210. The van der Waals surface area contributed by atoms with E-state index in [0.717, 1.165) is 22.3 Å². The SMILES string of the molecule is OCN(CO)c1ccc(C(c2ccc(N(CO)CO)cc2)(c2ccc(N(CO)CO)cc2)c2ccc(N(CO)CO)cc2)cc1. The van der Waals surface area contributed by atoms with Crippen molar-refractivity contribution in [2.24, 2.45) is 0 Å². The van der Waals surface area contributed by atoms with E-state index in [9.17, 15) is 40.9 Å². The zero-order chi connectivity index (χ0) is 32.4. The summed E-state index contributed by atoms with van der Waals surface area (Å²) in [5.41, 5.74) is 4.68. The smallest absolute Gasteiger partial charge is 0.117 e. The van der Waals surface area contributed by atoms with Gasteiger partial charge in [-0.2, -0.15) is 0 Å². The molecule has 0 bridgehead atoms. The molecule has 0 amide bonds. The van der Waals surface area contributed by atoms with Crippen molar-refractivity contribution in [2.75, 3.05) is 73.4 Å². The molecule has 4 aromatic carbocycles. The van der Waals surface area contributed by atoms with Gasteiger partial charge in [0.15, 0.2) is 0 Å². The first-order valence-electron chi connectivity index (χ1n) is 14.2. The highest BCUT2D eigenvalue weighted by molar-refractivity contribution is 5.65. The maximum absolute atomic E-state index is 9.72. The van der Waals surface area contributed by atoms with Crippen LogP contribution in [0.4, 0.5) is 22.7 Å². The Morgan fingerprint density at radius 1 is 0.289 bits per heavy atom. The highest BCUT2D eigenvalue weighted by Crippen LogP contribution is 2.46. The van der Waals surface area contributed by atoms with E-state index >= 15 is 0 Å². The molecule has 0 spiro atoms. The predicted molar refractivity (Wildman–Crippen MR) is 171 cm³/mol. The van der Waals surface area contributed by atoms with E-state index < -0.39 is 5.41 Å². The fourth-order valence-corrected chi connectivity index (χ4v) is 5.52. The first-order valence-corrected chi connectivity index (χ1v) is 14.2. The van der Waals surface area contributed by atoms with Gasteiger partial charge in [-0.25, -0.2) is 0 Å². The van der Waals surface area contributed by atoms with Gasteiger partial charge in [0.2, 0.25) is 0 Å². The number of aliphatic hydroxyl groups excluding tert-OH is 8. The molecule has 0 aromatic heterocycles. The average molecular weight is 621 g/mol. The third-order valence-electron chi connectivity index (χ3n) is 8.03. The second-order valence-electron chi connectivity index (χ2n) is 10.2. The van der Waals surface area contributed by atoms with Crippen LogP contribution < -0.4 is 19.6 Å². The highest BCUT2D eigenvalue weighted by Gasteiger charge is 2.39. The Labute approximate surface area is 261 Å². The Kier molecular flexibility index (Phi) is 11.7. The molecule has 4 rings (SSSR count). The molecule has 0 aliphatic heterocycles. The molecule has 0 fully saturated rings. The van der Waals surface area contributed by atoms with Crippen LogP contribution in [-0.4, -0.2) is 94.7 Å². The fraction of sp³-hybridized carbons (Fsp3) is 0.273. The van der Waals surface area contributed by atoms with Gasteiger partial charge in [-0.3, -0.25) is 0 Å². The van der Waals surface area contributed by atoms with Crippen LogP contribution in [-0.2, 0) is 5.41 Å². The molecule has 4 aromatic rings. The maximum Gasteiger partial charge on any atom is 0.117 e. The molecule has 8 N–H and O–H groups in total. The van der Waals surface area contributed by atoms with E-state index in [1.54, 1.807) is 48.5 Å². The molecule has 45 heavy (non-hydrogen) atoms. The van der Waals surface area contributed by atoms with Crippen molar-refractivity contribution in [1.82, 2.24) is 0 Å². The van der Waals surface area contributed by atoms with Gasteiger partial charge in [0.05, 0.1) is 5.41 Å². The van der Waals surface area contributed by atoms with E-state index in [1.807, 2.05) is 48.5 Å². The van der Waals surface area contributed by atoms with Crippen molar-refractivity contribution in [3.63, 3.8) is 0 Å². The largest absolute Gasteiger partial charge is 0.376 e. The lowest BCUT2D eigenvalue weighted by atomic mass is 9.65. The third-order valence-corrected chi connectivity index (χ3v) is 8.03. The summed E-state index contributed by atoms with van der Waals surface area (Å²) >= 11 is 0. The van der Waals surface area contributed by atoms with Crippen molar-refractivity contribution in [1.29, 1.82) is 0 Å². The number of hydrogen-bond acceptors (Lipinski definition) is 12. The fourth-order valence-electron chi connectivity index (χ4n) is 5.52. The summed E-state index contributed by atoms with van der Waals surface area (Å²) in [6, 6.07) is 29.6. The normalized spacial score (nSPS) is 11.4. The van der Waals surface area contributed by atoms with Gasteiger partial charge < -0.3 is 60.5 Å². The predicted octanol–water partition coefficient (Wildman–Crippen LogP) is 0.893. The number of nitrogens with zero attached hydrogens (tertiary/aromatic N) is 4. The van der Waals surface area contributed by atoms with Crippen LogP contribution in [0.1, 0.15) is 22.3 Å². The molecule has 0 unspecified atom stereocenters. The molecule has 0 saturated heterocycles. The van der Waals surface area contributed by atoms with Crippen LogP contribution in [0.3, 0.4) is 0 Å². The molecule has 0 aliphatic carbocycles. The van der Waals surface area contributed by atoms with Gasteiger partial charge in [-0.15, -0.1) is 0 Å². The minimum absolute atomic E-state index is 0.379. The van der Waals surface area contributed by atoms with Gasteiger partial charge in [0.1, 0.15) is 53.8 Å². The van der Waals surface area contributed by atoms with Gasteiger partial charge in [0.25, 0.3) is 0 Å². The van der Waals surface area contributed by atoms with Gasteiger partial charge in [-0.05, 0) is 70.8 Å². The summed E-state index contributed by atoms with van der Waals surface area (Å²) in [6.45, 7) is -3.03. The Morgan fingerprint density at radius 3 is 0.578 bits per heavy atom. The van der Waals surface area contributed by atoms with E-state index in [4.69, 9.17) is 0 Å². The monoisotopic (exact) mass is 620 g/mol. The number of hydrogen-bond donors (Lipinski definition) is 8. The molecule has 0 radical (unpaired) electrons. The van der Waals surface area contributed by atoms with Crippen molar-refractivity contribution in [3.05, 3.63) is 119 Å². The molecule has 0 atom stereocenters. The van der Waals surface area contributed by atoms with E-state index in [-0.39, 0.29) is 53.8 Å². The topological polar surface area (TPSA) is 175 Å². The molecular formula is C33H40N4O8. The molecule has 12 nitrogen and oxygen atoms in total. The molecule has 240 valence electrons. The van der Waals surface area contributed by atoms with Crippen LogP contribution in [0.25, 0.3) is 0 Å². The zero-order valence-corrected chi connectivity index (χ0v) is 24.8. The van der Waals surface area contributed by atoms with Crippen molar-refractivity contribution in [3.8, 4) is 0 Å².